The lowest BCUT2D eigenvalue weighted by molar-refractivity contribution is 0.0473. The minimum Gasteiger partial charge on any atom is -0.508 e. The number of rotatable bonds is 5. The Bertz CT molecular complexity index is 1070. The van der Waals surface area contributed by atoms with Crippen LogP contribution in [0.1, 0.15) is 15.9 Å². The zero-order valence-corrected chi connectivity index (χ0v) is 15.0. The average Bonchev–Trinajstić information content (AvgIpc) is 3.18. The van der Waals surface area contributed by atoms with E-state index in [1.807, 2.05) is 66.9 Å². The molecule has 0 unspecified atom stereocenters. The van der Waals surface area contributed by atoms with Crippen molar-refractivity contribution in [3.8, 4) is 22.7 Å². The number of ether oxygens (including phenoxy) is 1. The molecule has 0 aliphatic rings. The van der Waals surface area contributed by atoms with E-state index in [0.717, 1.165) is 22.5 Å². The zero-order chi connectivity index (χ0) is 19.3. The summed E-state index contributed by atoms with van der Waals surface area (Å²) in [7, 11) is 0. The van der Waals surface area contributed by atoms with Crippen molar-refractivity contribution in [2.45, 2.75) is 6.61 Å². The number of para-hydroxylation sites is 1. The molecule has 138 valence electrons. The molecule has 0 aliphatic carbocycles. The second-order valence-corrected chi connectivity index (χ2v) is 6.27. The summed E-state index contributed by atoms with van der Waals surface area (Å²) in [6, 6.07) is 25.5. The van der Waals surface area contributed by atoms with E-state index >= 15 is 0 Å². The van der Waals surface area contributed by atoms with Crippen LogP contribution in [0.15, 0.2) is 91.1 Å². The van der Waals surface area contributed by atoms with Gasteiger partial charge in [0.15, 0.2) is 0 Å². The lowest BCUT2D eigenvalue weighted by atomic mass is 10.1. The maximum atomic E-state index is 12.3. The summed E-state index contributed by atoms with van der Waals surface area (Å²) in [5.41, 5.74) is 3.84. The predicted molar refractivity (Wildman–Crippen MR) is 106 cm³/mol. The van der Waals surface area contributed by atoms with E-state index < -0.39 is 5.97 Å². The number of hydrogen-bond donors (Lipinski definition) is 1. The number of esters is 1. The topological polar surface area (TPSA) is 64.4 Å². The number of aromatic hydroxyl groups is 1. The molecule has 4 rings (SSSR count). The Labute approximate surface area is 162 Å². The number of benzene rings is 3. The first kappa shape index (κ1) is 17.5. The first-order valence-electron chi connectivity index (χ1n) is 8.86. The van der Waals surface area contributed by atoms with Crippen LogP contribution in [0.2, 0.25) is 0 Å². The minimum atomic E-state index is -0.452. The van der Waals surface area contributed by atoms with Crippen molar-refractivity contribution in [3.63, 3.8) is 0 Å². The van der Waals surface area contributed by atoms with Crippen LogP contribution in [0.5, 0.6) is 5.75 Å². The second-order valence-electron chi connectivity index (χ2n) is 6.27. The summed E-state index contributed by atoms with van der Waals surface area (Å²) in [4.78, 5) is 12.3. The molecule has 1 N–H and O–H groups in total. The van der Waals surface area contributed by atoms with Crippen molar-refractivity contribution in [3.05, 3.63) is 102 Å². The van der Waals surface area contributed by atoms with Crippen LogP contribution in [-0.2, 0) is 11.3 Å². The van der Waals surface area contributed by atoms with Crippen LogP contribution in [0.25, 0.3) is 16.9 Å². The van der Waals surface area contributed by atoms with Crippen molar-refractivity contribution < 1.29 is 14.6 Å². The van der Waals surface area contributed by atoms with Gasteiger partial charge in [-0.25, -0.2) is 9.48 Å². The number of carbonyl (C=O) groups excluding carboxylic acids is 1. The monoisotopic (exact) mass is 370 g/mol. The van der Waals surface area contributed by atoms with Gasteiger partial charge in [-0.05, 0) is 36.4 Å². The number of carbonyl (C=O) groups is 1. The first-order valence-corrected chi connectivity index (χ1v) is 8.86. The highest BCUT2D eigenvalue weighted by atomic mass is 16.5. The van der Waals surface area contributed by atoms with Crippen LogP contribution < -0.4 is 0 Å². The highest BCUT2D eigenvalue weighted by Gasteiger charge is 2.15. The Morgan fingerprint density at radius 2 is 1.54 bits per heavy atom. The SMILES string of the molecule is O=C(OCc1cn(-c2ccccc2)nc1-c1ccccc1)c1ccc(O)cc1. The largest absolute Gasteiger partial charge is 0.508 e. The molecule has 0 aliphatic heterocycles. The van der Waals surface area contributed by atoms with Crippen molar-refractivity contribution in [1.29, 1.82) is 0 Å². The summed E-state index contributed by atoms with van der Waals surface area (Å²) >= 11 is 0. The van der Waals surface area contributed by atoms with Crippen molar-refractivity contribution in [1.82, 2.24) is 9.78 Å². The number of hydrogen-bond acceptors (Lipinski definition) is 4. The van der Waals surface area contributed by atoms with Crippen molar-refractivity contribution in [2.24, 2.45) is 0 Å². The number of nitrogens with zero attached hydrogens (tertiary/aromatic N) is 2. The third-order valence-electron chi connectivity index (χ3n) is 4.32. The quantitative estimate of drug-likeness (QED) is 0.522. The molecule has 0 atom stereocenters. The molecule has 0 bridgehead atoms. The molecule has 0 saturated carbocycles. The maximum Gasteiger partial charge on any atom is 0.338 e. The third kappa shape index (κ3) is 3.78. The van der Waals surface area contributed by atoms with E-state index in [9.17, 15) is 9.90 Å². The molecule has 5 heteroatoms. The highest BCUT2D eigenvalue weighted by Crippen LogP contribution is 2.24. The van der Waals surface area contributed by atoms with Gasteiger partial charge in [-0.3, -0.25) is 0 Å². The Morgan fingerprint density at radius 3 is 2.21 bits per heavy atom. The van der Waals surface area contributed by atoms with Crippen LogP contribution in [0, 0.1) is 0 Å². The first-order chi connectivity index (χ1) is 13.7. The molecule has 0 spiro atoms. The van der Waals surface area contributed by atoms with Crippen LogP contribution in [0.4, 0.5) is 0 Å². The number of aromatic nitrogens is 2. The Kier molecular flexibility index (Phi) is 4.89. The van der Waals surface area contributed by atoms with Gasteiger partial charge in [0.1, 0.15) is 12.4 Å². The summed E-state index contributed by atoms with van der Waals surface area (Å²) in [6.07, 6.45) is 1.88. The van der Waals surface area contributed by atoms with Gasteiger partial charge in [0, 0.05) is 17.3 Å². The van der Waals surface area contributed by atoms with E-state index in [1.54, 1.807) is 4.68 Å². The van der Waals surface area contributed by atoms with E-state index in [2.05, 4.69) is 0 Å². The fourth-order valence-corrected chi connectivity index (χ4v) is 2.89. The molecule has 1 heterocycles. The molecule has 0 radical (unpaired) electrons. The minimum absolute atomic E-state index is 0.0940. The Morgan fingerprint density at radius 1 is 0.893 bits per heavy atom. The molecule has 0 amide bonds. The fraction of sp³-hybridized carbons (Fsp3) is 0.0435. The standard InChI is InChI=1S/C23H18N2O3/c26-21-13-11-18(12-14-21)23(27)28-16-19-15-25(20-9-5-2-6-10-20)24-22(19)17-7-3-1-4-8-17/h1-15,26H,16H2. The summed E-state index contributed by atoms with van der Waals surface area (Å²) in [6.45, 7) is 0.0940. The lowest BCUT2D eigenvalue weighted by Gasteiger charge is -2.05. The van der Waals surface area contributed by atoms with Gasteiger partial charge in [-0.2, -0.15) is 5.10 Å². The summed E-state index contributed by atoms with van der Waals surface area (Å²) < 4.78 is 7.28. The van der Waals surface area contributed by atoms with Gasteiger partial charge in [-0.15, -0.1) is 0 Å². The summed E-state index contributed by atoms with van der Waals surface area (Å²) in [5.74, 6) is -0.349. The predicted octanol–water partition coefficient (Wildman–Crippen LogP) is 4.60. The molecule has 0 fully saturated rings. The average molecular weight is 370 g/mol. The van der Waals surface area contributed by atoms with Gasteiger partial charge < -0.3 is 9.84 Å². The molecular weight excluding hydrogens is 352 g/mol. The maximum absolute atomic E-state index is 12.3. The molecule has 4 aromatic rings. The molecule has 28 heavy (non-hydrogen) atoms. The molecule has 3 aromatic carbocycles. The molecule has 1 aromatic heterocycles. The third-order valence-corrected chi connectivity index (χ3v) is 4.32. The van der Waals surface area contributed by atoms with Gasteiger partial charge >= 0.3 is 5.97 Å². The van der Waals surface area contributed by atoms with E-state index in [4.69, 9.17) is 9.84 Å². The van der Waals surface area contributed by atoms with Crippen molar-refractivity contribution in [2.75, 3.05) is 0 Å². The van der Waals surface area contributed by atoms with Crippen LogP contribution in [0.3, 0.4) is 0 Å². The van der Waals surface area contributed by atoms with Crippen LogP contribution in [-0.4, -0.2) is 20.9 Å². The lowest BCUT2D eigenvalue weighted by Crippen LogP contribution is -2.05. The van der Waals surface area contributed by atoms with Gasteiger partial charge in [-0.1, -0.05) is 48.5 Å². The van der Waals surface area contributed by atoms with E-state index in [0.29, 0.717) is 5.56 Å². The highest BCUT2D eigenvalue weighted by molar-refractivity contribution is 5.89. The molecule has 0 saturated heterocycles. The van der Waals surface area contributed by atoms with Crippen LogP contribution >= 0.6 is 0 Å². The van der Waals surface area contributed by atoms with E-state index in [1.165, 1.54) is 24.3 Å². The summed E-state index contributed by atoms with van der Waals surface area (Å²) in [5, 5.41) is 14.1. The van der Waals surface area contributed by atoms with Crippen molar-refractivity contribution >= 4 is 5.97 Å². The molecule has 5 nitrogen and oxygen atoms in total. The Hall–Kier alpha value is -3.86. The van der Waals surface area contributed by atoms with E-state index in [-0.39, 0.29) is 12.4 Å². The zero-order valence-electron chi connectivity index (χ0n) is 15.0. The van der Waals surface area contributed by atoms with Gasteiger partial charge in [0.25, 0.3) is 0 Å². The fourth-order valence-electron chi connectivity index (χ4n) is 2.89. The number of phenolic OH excluding ortho intramolecular Hbond substituents is 1. The number of phenols is 1. The normalized spacial score (nSPS) is 10.6. The molecular formula is C23H18N2O3. The Balaban J connectivity index is 1.62. The second kappa shape index (κ2) is 7.80. The smallest absolute Gasteiger partial charge is 0.338 e. The van der Waals surface area contributed by atoms with Gasteiger partial charge in [0.05, 0.1) is 16.9 Å². The van der Waals surface area contributed by atoms with Gasteiger partial charge in [0.2, 0.25) is 0 Å².